The van der Waals surface area contributed by atoms with E-state index in [-0.39, 0.29) is 0 Å². The molecule has 14 heavy (non-hydrogen) atoms. The van der Waals surface area contributed by atoms with Crippen LogP contribution in [-0.2, 0) is 4.79 Å². The summed E-state index contributed by atoms with van der Waals surface area (Å²) in [7, 11) is 2.17. The van der Waals surface area contributed by atoms with E-state index in [1.165, 1.54) is 19.4 Å². The predicted molar refractivity (Wildman–Crippen MR) is 54.1 cm³/mol. The Kier molecular flexibility index (Phi) is 2.77. The van der Waals surface area contributed by atoms with Gasteiger partial charge in [0.05, 0.1) is 0 Å². The summed E-state index contributed by atoms with van der Waals surface area (Å²) >= 11 is 0. The monoisotopic (exact) mass is 197 g/mol. The zero-order chi connectivity index (χ0) is 10.1. The fourth-order valence-electron chi connectivity index (χ4n) is 3.14. The van der Waals surface area contributed by atoms with Crippen LogP contribution in [0.2, 0.25) is 0 Å². The maximum absolute atomic E-state index is 10.6. The van der Waals surface area contributed by atoms with Gasteiger partial charge in [0.1, 0.15) is 0 Å². The molecule has 1 aliphatic heterocycles. The molecule has 0 aromatic carbocycles. The summed E-state index contributed by atoms with van der Waals surface area (Å²) in [4.78, 5) is 13.0. The van der Waals surface area contributed by atoms with Crippen molar-refractivity contribution in [1.82, 2.24) is 4.90 Å². The summed E-state index contributed by atoms with van der Waals surface area (Å²) in [5, 5.41) is 8.76. The van der Waals surface area contributed by atoms with Crippen LogP contribution in [-0.4, -0.2) is 35.6 Å². The fraction of sp³-hybridized carbons (Fsp3) is 0.909. The van der Waals surface area contributed by atoms with Gasteiger partial charge in [-0.05, 0) is 51.1 Å². The highest BCUT2D eigenvalue weighted by Gasteiger charge is 2.37. The Labute approximate surface area is 85.1 Å². The number of fused-ring (bicyclic) bond motifs is 1. The van der Waals surface area contributed by atoms with E-state index in [1.807, 2.05) is 0 Å². The molecular formula is C11H19NO2. The third-order valence-electron chi connectivity index (χ3n) is 3.95. The lowest BCUT2D eigenvalue weighted by molar-refractivity contribution is -0.138. The van der Waals surface area contributed by atoms with Crippen molar-refractivity contribution in [2.24, 2.45) is 11.8 Å². The molecule has 80 valence electrons. The summed E-state index contributed by atoms with van der Waals surface area (Å²) in [6, 6.07) is 0.674. The van der Waals surface area contributed by atoms with Gasteiger partial charge in [0, 0.05) is 12.5 Å². The first-order valence-corrected chi connectivity index (χ1v) is 5.59. The second kappa shape index (κ2) is 3.89. The zero-order valence-electron chi connectivity index (χ0n) is 8.78. The molecule has 2 aliphatic rings. The quantitative estimate of drug-likeness (QED) is 0.730. The molecular weight excluding hydrogens is 178 g/mol. The molecule has 2 rings (SSSR count). The summed E-state index contributed by atoms with van der Waals surface area (Å²) in [6.07, 6.45) is 5.17. The Bertz CT molecular complexity index is 229. The van der Waals surface area contributed by atoms with Gasteiger partial charge < -0.3 is 10.0 Å². The summed E-state index contributed by atoms with van der Waals surface area (Å²) < 4.78 is 0. The summed E-state index contributed by atoms with van der Waals surface area (Å²) in [6.45, 7) is 1.20. The molecule has 1 aliphatic carbocycles. The van der Waals surface area contributed by atoms with Crippen molar-refractivity contribution < 1.29 is 9.90 Å². The van der Waals surface area contributed by atoms with E-state index in [9.17, 15) is 4.79 Å². The predicted octanol–water partition coefficient (Wildman–Crippen LogP) is 1.58. The molecule has 0 amide bonds. The molecule has 3 nitrogen and oxygen atoms in total. The Morgan fingerprint density at radius 1 is 1.43 bits per heavy atom. The molecule has 0 spiro atoms. The molecule has 3 unspecified atom stereocenters. The van der Waals surface area contributed by atoms with E-state index >= 15 is 0 Å². The number of nitrogens with zero attached hydrogens (tertiary/aromatic N) is 1. The van der Waals surface area contributed by atoms with Crippen molar-refractivity contribution >= 4 is 5.97 Å². The highest BCUT2D eigenvalue weighted by atomic mass is 16.4. The normalized spacial score (nSPS) is 38.2. The van der Waals surface area contributed by atoms with E-state index < -0.39 is 5.97 Å². The van der Waals surface area contributed by atoms with Crippen molar-refractivity contribution in [1.29, 1.82) is 0 Å². The molecule has 1 saturated heterocycles. The SMILES string of the molecule is CN1CCC2CCC(CC(=O)O)CC21. The fourth-order valence-corrected chi connectivity index (χ4v) is 3.14. The molecule has 3 atom stereocenters. The minimum atomic E-state index is -0.630. The van der Waals surface area contributed by atoms with Crippen LogP contribution in [0.15, 0.2) is 0 Å². The van der Waals surface area contributed by atoms with Crippen LogP contribution >= 0.6 is 0 Å². The number of rotatable bonds is 2. The van der Waals surface area contributed by atoms with Crippen molar-refractivity contribution in [3.63, 3.8) is 0 Å². The molecule has 0 radical (unpaired) electrons. The average molecular weight is 197 g/mol. The second-order valence-corrected chi connectivity index (χ2v) is 4.87. The first-order valence-electron chi connectivity index (χ1n) is 5.59. The highest BCUT2D eigenvalue weighted by Crippen LogP contribution is 2.39. The van der Waals surface area contributed by atoms with Gasteiger partial charge in [-0.25, -0.2) is 0 Å². The zero-order valence-corrected chi connectivity index (χ0v) is 8.78. The van der Waals surface area contributed by atoms with Gasteiger partial charge in [-0.15, -0.1) is 0 Å². The van der Waals surface area contributed by atoms with E-state index in [0.717, 1.165) is 18.8 Å². The molecule has 2 fully saturated rings. The van der Waals surface area contributed by atoms with Gasteiger partial charge in [0.25, 0.3) is 0 Å². The third-order valence-corrected chi connectivity index (χ3v) is 3.95. The number of carboxylic acid groups (broad SMARTS) is 1. The van der Waals surface area contributed by atoms with Crippen LogP contribution < -0.4 is 0 Å². The van der Waals surface area contributed by atoms with E-state index in [4.69, 9.17) is 5.11 Å². The van der Waals surface area contributed by atoms with Crippen molar-refractivity contribution in [2.75, 3.05) is 13.6 Å². The summed E-state index contributed by atoms with van der Waals surface area (Å²) in [5.41, 5.74) is 0. The van der Waals surface area contributed by atoms with Gasteiger partial charge in [-0.3, -0.25) is 4.79 Å². The molecule has 3 heteroatoms. The van der Waals surface area contributed by atoms with Crippen LogP contribution in [0.4, 0.5) is 0 Å². The first-order chi connectivity index (χ1) is 6.66. The maximum Gasteiger partial charge on any atom is 0.303 e. The number of carbonyl (C=O) groups is 1. The highest BCUT2D eigenvalue weighted by molar-refractivity contribution is 5.67. The Hall–Kier alpha value is -0.570. The smallest absolute Gasteiger partial charge is 0.303 e. The van der Waals surface area contributed by atoms with Gasteiger partial charge in [0.15, 0.2) is 0 Å². The molecule has 1 heterocycles. The van der Waals surface area contributed by atoms with Crippen molar-refractivity contribution in [2.45, 2.75) is 38.1 Å². The topological polar surface area (TPSA) is 40.5 Å². The van der Waals surface area contributed by atoms with E-state index in [1.54, 1.807) is 0 Å². The number of carboxylic acids is 1. The Morgan fingerprint density at radius 2 is 2.21 bits per heavy atom. The third kappa shape index (κ3) is 1.92. The second-order valence-electron chi connectivity index (χ2n) is 4.87. The van der Waals surface area contributed by atoms with Crippen LogP contribution in [0, 0.1) is 11.8 Å². The number of aliphatic carboxylic acids is 1. The summed E-state index contributed by atoms with van der Waals surface area (Å²) in [5.74, 6) is 0.647. The first kappa shape index (κ1) is 9.97. The van der Waals surface area contributed by atoms with Gasteiger partial charge in [-0.1, -0.05) is 0 Å². The lowest BCUT2D eigenvalue weighted by atomic mass is 9.77. The van der Waals surface area contributed by atoms with Gasteiger partial charge in [-0.2, -0.15) is 0 Å². The number of hydrogen-bond donors (Lipinski definition) is 1. The average Bonchev–Trinajstić information content (AvgIpc) is 2.47. The molecule has 1 saturated carbocycles. The molecule has 0 bridgehead atoms. The lowest BCUT2D eigenvalue weighted by Crippen LogP contribution is -2.35. The van der Waals surface area contributed by atoms with Crippen molar-refractivity contribution in [3.05, 3.63) is 0 Å². The Morgan fingerprint density at radius 3 is 2.93 bits per heavy atom. The van der Waals surface area contributed by atoms with Crippen molar-refractivity contribution in [3.8, 4) is 0 Å². The Balaban J connectivity index is 1.91. The van der Waals surface area contributed by atoms with Crippen LogP contribution in [0.1, 0.15) is 32.1 Å². The van der Waals surface area contributed by atoms with E-state index in [0.29, 0.717) is 18.4 Å². The van der Waals surface area contributed by atoms with Crippen LogP contribution in [0.3, 0.4) is 0 Å². The number of hydrogen-bond acceptors (Lipinski definition) is 2. The van der Waals surface area contributed by atoms with E-state index in [2.05, 4.69) is 11.9 Å². The number of likely N-dealkylation sites (tertiary alicyclic amines) is 1. The minimum Gasteiger partial charge on any atom is -0.481 e. The largest absolute Gasteiger partial charge is 0.481 e. The molecule has 0 aromatic heterocycles. The minimum absolute atomic E-state index is 0.372. The van der Waals surface area contributed by atoms with Crippen LogP contribution in [0.25, 0.3) is 0 Å². The van der Waals surface area contributed by atoms with Crippen LogP contribution in [0.5, 0.6) is 0 Å². The lowest BCUT2D eigenvalue weighted by Gasteiger charge is -2.34. The molecule has 1 N–H and O–H groups in total. The molecule has 0 aromatic rings. The van der Waals surface area contributed by atoms with Gasteiger partial charge >= 0.3 is 5.97 Å². The standard InChI is InChI=1S/C11H19NO2/c1-12-5-4-9-3-2-8(6-10(9)12)7-11(13)14/h8-10H,2-7H2,1H3,(H,13,14). The maximum atomic E-state index is 10.6. The van der Waals surface area contributed by atoms with Gasteiger partial charge in [0.2, 0.25) is 0 Å².